The second-order valence-corrected chi connectivity index (χ2v) is 4.75. The van der Waals surface area contributed by atoms with Crippen molar-refractivity contribution < 1.29 is 32.6 Å². The van der Waals surface area contributed by atoms with Crippen LogP contribution in [0.3, 0.4) is 0 Å². The molecule has 0 unspecified atom stereocenters. The van der Waals surface area contributed by atoms with Gasteiger partial charge in [0.25, 0.3) is 5.91 Å². The third kappa shape index (κ3) is 3.83. The predicted octanol–water partition coefficient (Wildman–Crippen LogP) is 3.45. The zero-order chi connectivity index (χ0) is 17.9. The third-order valence-corrected chi connectivity index (χ3v) is 3.13. The van der Waals surface area contributed by atoms with Gasteiger partial charge in [0, 0.05) is 11.6 Å². The summed E-state index contributed by atoms with van der Waals surface area (Å²) in [5.74, 6) is -1.68. The summed E-state index contributed by atoms with van der Waals surface area (Å²) in [4.78, 5) is 23.8. The number of methoxy groups -OCH3 is 1. The number of phenolic OH excluding ortho intramolecular Hbond substituents is 1. The van der Waals surface area contributed by atoms with Crippen LogP contribution in [0.1, 0.15) is 26.3 Å². The van der Waals surface area contributed by atoms with E-state index in [-0.39, 0.29) is 22.6 Å². The van der Waals surface area contributed by atoms with E-state index in [1.807, 2.05) is 0 Å². The standard InChI is InChI=1S/C16H12F3NO4/c1-24-15(23)12-7-6-11(21)8-13(12)20-14(22)9-2-4-10(5-3-9)16(17,18)19/h2-8,21H,1H3,(H,20,22). The number of hydrogen-bond acceptors (Lipinski definition) is 4. The van der Waals surface area contributed by atoms with Gasteiger partial charge in [0.05, 0.1) is 23.9 Å². The molecule has 0 fully saturated rings. The lowest BCUT2D eigenvalue weighted by atomic mass is 10.1. The van der Waals surface area contributed by atoms with E-state index in [1.54, 1.807) is 0 Å². The number of esters is 1. The van der Waals surface area contributed by atoms with Crippen molar-refractivity contribution in [1.29, 1.82) is 0 Å². The average Bonchev–Trinajstić information content (AvgIpc) is 2.53. The van der Waals surface area contributed by atoms with Gasteiger partial charge in [-0.3, -0.25) is 4.79 Å². The first-order valence-electron chi connectivity index (χ1n) is 6.62. The zero-order valence-electron chi connectivity index (χ0n) is 12.3. The van der Waals surface area contributed by atoms with E-state index in [0.29, 0.717) is 0 Å². The molecule has 0 aliphatic heterocycles. The van der Waals surface area contributed by atoms with Crippen molar-refractivity contribution in [2.24, 2.45) is 0 Å². The second kappa shape index (κ2) is 6.61. The van der Waals surface area contributed by atoms with Gasteiger partial charge in [-0.2, -0.15) is 13.2 Å². The van der Waals surface area contributed by atoms with Crippen LogP contribution in [-0.4, -0.2) is 24.1 Å². The monoisotopic (exact) mass is 339 g/mol. The van der Waals surface area contributed by atoms with E-state index >= 15 is 0 Å². The summed E-state index contributed by atoms with van der Waals surface area (Å²) in [7, 11) is 1.15. The van der Waals surface area contributed by atoms with Gasteiger partial charge >= 0.3 is 12.1 Å². The number of rotatable bonds is 3. The summed E-state index contributed by atoms with van der Waals surface area (Å²) in [6, 6.07) is 7.20. The Morgan fingerprint density at radius 1 is 1.08 bits per heavy atom. The Morgan fingerprint density at radius 2 is 1.71 bits per heavy atom. The molecule has 0 saturated carbocycles. The summed E-state index contributed by atoms with van der Waals surface area (Å²) in [6.07, 6.45) is -4.50. The topological polar surface area (TPSA) is 75.6 Å². The summed E-state index contributed by atoms with van der Waals surface area (Å²) in [5, 5.41) is 11.8. The Kier molecular flexibility index (Phi) is 4.77. The van der Waals surface area contributed by atoms with Crippen molar-refractivity contribution in [2.45, 2.75) is 6.18 Å². The molecule has 0 aliphatic rings. The lowest BCUT2D eigenvalue weighted by Crippen LogP contribution is -2.16. The highest BCUT2D eigenvalue weighted by molar-refractivity contribution is 6.08. The van der Waals surface area contributed by atoms with E-state index in [9.17, 15) is 27.9 Å². The van der Waals surface area contributed by atoms with Crippen LogP contribution in [-0.2, 0) is 10.9 Å². The Balaban J connectivity index is 2.27. The van der Waals surface area contributed by atoms with E-state index in [1.165, 1.54) is 12.1 Å². The molecule has 5 nitrogen and oxygen atoms in total. The van der Waals surface area contributed by atoms with E-state index < -0.39 is 23.6 Å². The highest BCUT2D eigenvalue weighted by Gasteiger charge is 2.30. The molecule has 0 heterocycles. The second-order valence-electron chi connectivity index (χ2n) is 4.75. The molecule has 0 atom stereocenters. The normalized spacial score (nSPS) is 11.0. The Labute approximate surface area is 134 Å². The SMILES string of the molecule is COC(=O)c1ccc(O)cc1NC(=O)c1ccc(C(F)(F)F)cc1. The van der Waals surface area contributed by atoms with Crippen LogP contribution in [0.4, 0.5) is 18.9 Å². The number of carbonyl (C=O) groups excluding carboxylic acids is 2. The number of anilines is 1. The maximum atomic E-state index is 12.5. The van der Waals surface area contributed by atoms with Crippen LogP contribution in [0.25, 0.3) is 0 Å². The number of benzene rings is 2. The molecule has 0 radical (unpaired) electrons. The number of ether oxygens (including phenoxy) is 1. The largest absolute Gasteiger partial charge is 0.508 e. The number of hydrogen-bond donors (Lipinski definition) is 2. The lowest BCUT2D eigenvalue weighted by Gasteiger charge is -2.11. The van der Waals surface area contributed by atoms with Crippen molar-refractivity contribution >= 4 is 17.6 Å². The fourth-order valence-electron chi connectivity index (χ4n) is 1.93. The maximum absolute atomic E-state index is 12.5. The molecule has 2 aromatic carbocycles. The van der Waals surface area contributed by atoms with Crippen molar-refractivity contribution in [3.8, 4) is 5.75 Å². The number of nitrogens with one attached hydrogen (secondary N) is 1. The first-order valence-corrected chi connectivity index (χ1v) is 6.62. The number of alkyl halides is 3. The minimum Gasteiger partial charge on any atom is -0.508 e. The van der Waals surface area contributed by atoms with Gasteiger partial charge in [-0.05, 0) is 36.4 Å². The number of halogens is 3. The van der Waals surface area contributed by atoms with Gasteiger partial charge in [-0.25, -0.2) is 4.79 Å². The number of carbonyl (C=O) groups is 2. The summed E-state index contributed by atoms with van der Waals surface area (Å²) in [5.41, 5.74) is -0.948. The molecule has 0 spiro atoms. The van der Waals surface area contributed by atoms with Crippen LogP contribution in [0.15, 0.2) is 42.5 Å². The molecule has 2 aromatic rings. The molecule has 1 amide bonds. The highest BCUT2D eigenvalue weighted by atomic mass is 19.4. The fraction of sp³-hybridized carbons (Fsp3) is 0.125. The van der Waals surface area contributed by atoms with Gasteiger partial charge in [0.15, 0.2) is 0 Å². The third-order valence-electron chi connectivity index (χ3n) is 3.13. The fourth-order valence-corrected chi connectivity index (χ4v) is 1.93. The molecular formula is C16H12F3NO4. The number of phenols is 1. The van der Waals surface area contributed by atoms with Crippen LogP contribution in [0, 0.1) is 0 Å². The summed E-state index contributed by atoms with van der Waals surface area (Å²) >= 11 is 0. The molecule has 2 N–H and O–H groups in total. The van der Waals surface area contributed by atoms with Crippen LogP contribution in [0.2, 0.25) is 0 Å². The van der Waals surface area contributed by atoms with Crippen molar-refractivity contribution in [3.63, 3.8) is 0 Å². The highest BCUT2D eigenvalue weighted by Crippen LogP contribution is 2.29. The van der Waals surface area contributed by atoms with E-state index in [4.69, 9.17) is 0 Å². The Morgan fingerprint density at radius 3 is 2.25 bits per heavy atom. The van der Waals surface area contributed by atoms with E-state index in [2.05, 4.69) is 10.1 Å². The van der Waals surface area contributed by atoms with Crippen molar-refractivity contribution in [3.05, 3.63) is 59.2 Å². The lowest BCUT2D eigenvalue weighted by molar-refractivity contribution is -0.137. The number of amides is 1. The Bertz CT molecular complexity index is 770. The first-order chi connectivity index (χ1) is 11.2. The maximum Gasteiger partial charge on any atom is 0.416 e. The summed E-state index contributed by atoms with van der Waals surface area (Å²) in [6.45, 7) is 0. The van der Waals surface area contributed by atoms with Crippen molar-refractivity contribution in [2.75, 3.05) is 12.4 Å². The smallest absolute Gasteiger partial charge is 0.416 e. The van der Waals surface area contributed by atoms with Gasteiger partial charge < -0.3 is 15.2 Å². The molecule has 8 heteroatoms. The average molecular weight is 339 g/mol. The molecule has 126 valence electrons. The van der Waals surface area contributed by atoms with Gasteiger partial charge in [0.2, 0.25) is 0 Å². The van der Waals surface area contributed by atoms with E-state index in [0.717, 1.165) is 37.4 Å². The molecule has 0 bridgehead atoms. The first kappa shape index (κ1) is 17.3. The van der Waals surface area contributed by atoms with Crippen LogP contribution < -0.4 is 5.32 Å². The quantitative estimate of drug-likeness (QED) is 0.840. The van der Waals surface area contributed by atoms with Gasteiger partial charge in [-0.1, -0.05) is 0 Å². The van der Waals surface area contributed by atoms with Gasteiger partial charge in [-0.15, -0.1) is 0 Å². The van der Waals surface area contributed by atoms with Crippen molar-refractivity contribution in [1.82, 2.24) is 0 Å². The molecule has 24 heavy (non-hydrogen) atoms. The molecular weight excluding hydrogens is 327 g/mol. The van der Waals surface area contributed by atoms with Gasteiger partial charge in [0.1, 0.15) is 5.75 Å². The van der Waals surface area contributed by atoms with Crippen LogP contribution in [0.5, 0.6) is 5.75 Å². The van der Waals surface area contributed by atoms with Crippen LogP contribution >= 0.6 is 0 Å². The molecule has 0 saturated heterocycles. The molecule has 0 aliphatic carbocycles. The molecule has 2 rings (SSSR count). The summed E-state index contributed by atoms with van der Waals surface area (Å²) < 4.78 is 42.1. The number of aromatic hydroxyl groups is 1. The predicted molar refractivity (Wildman–Crippen MR) is 78.8 cm³/mol. The zero-order valence-corrected chi connectivity index (χ0v) is 12.3. The Hall–Kier alpha value is -3.03. The minimum absolute atomic E-state index is 0.00411. The minimum atomic E-state index is -4.50. The molecule has 0 aromatic heterocycles.